The number of carbonyl (C=O) groups is 2. The molecule has 1 aliphatic carbocycles. The van der Waals surface area contributed by atoms with Gasteiger partial charge in [-0.3, -0.25) is 9.59 Å². The number of nitrogens with zero attached hydrogens (tertiary/aromatic N) is 1. The number of primary amides is 1. The average molecular weight is 286 g/mol. The summed E-state index contributed by atoms with van der Waals surface area (Å²) in [6.07, 6.45) is 3.49. The topological polar surface area (TPSA) is 104 Å². The van der Waals surface area contributed by atoms with Crippen molar-refractivity contribution in [3.05, 3.63) is 0 Å². The molecule has 0 aromatic carbocycles. The van der Waals surface area contributed by atoms with Crippen LogP contribution in [0.25, 0.3) is 0 Å². The summed E-state index contributed by atoms with van der Waals surface area (Å²) in [6, 6.07) is -0.911. The van der Waals surface area contributed by atoms with Gasteiger partial charge in [-0.25, -0.2) is 0 Å². The van der Waals surface area contributed by atoms with Crippen LogP contribution in [0.3, 0.4) is 0 Å². The molecule has 1 saturated carbocycles. The highest BCUT2D eigenvalue weighted by Gasteiger charge is 2.48. The van der Waals surface area contributed by atoms with Crippen molar-refractivity contribution >= 4 is 11.8 Å². The molecule has 0 saturated heterocycles. The summed E-state index contributed by atoms with van der Waals surface area (Å²) < 4.78 is 0. The summed E-state index contributed by atoms with van der Waals surface area (Å²) in [5.41, 5.74) is 4.34. The maximum atomic E-state index is 12.9. The summed E-state index contributed by atoms with van der Waals surface area (Å²) in [7, 11) is 0. The molecule has 0 bridgehead atoms. The molecule has 1 aliphatic rings. The lowest BCUT2D eigenvalue weighted by atomic mass is 9.72. The minimum Gasteiger partial charge on any atom is -0.394 e. The van der Waals surface area contributed by atoms with Crippen LogP contribution in [0.1, 0.15) is 46.0 Å². The molecular formula is C14H26N2O4. The predicted molar refractivity (Wildman–Crippen MR) is 74.7 cm³/mol. The van der Waals surface area contributed by atoms with Gasteiger partial charge < -0.3 is 20.8 Å². The first-order chi connectivity index (χ1) is 9.40. The zero-order chi connectivity index (χ0) is 15.3. The molecule has 0 aliphatic heterocycles. The van der Waals surface area contributed by atoms with Crippen LogP contribution in [0.2, 0.25) is 0 Å². The maximum absolute atomic E-state index is 12.9. The minimum absolute atomic E-state index is 0.217. The predicted octanol–water partition coefficient (Wildman–Crippen LogP) is 0.0124. The molecular weight excluding hydrogens is 260 g/mol. The second kappa shape index (κ2) is 7.04. The highest BCUT2D eigenvalue weighted by molar-refractivity contribution is 6.04. The fourth-order valence-electron chi connectivity index (χ4n) is 2.98. The lowest BCUT2D eigenvalue weighted by Gasteiger charge is -2.41. The third-order valence-electron chi connectivity index (χ3n) is 4.30. The smallest absolute Gasteiger partial charge is 0.238 e. The Kier molecular flexibility index (Phi) is 5.95. The summed E-state index contributed by atoms with van der Waals surface area (Å²) in [5, 5.41) is 18.7. The van der Waals surface area contributed by atoms with E-state index in [0.717, 1.165) is 19.3 Å². The van der Waals surface area contributed by atoms with Crippen LogP contribution in [-0.4, -0.2) is 52.2 Å². The van der Waals surface area contributed by atoms with Crippen molar-refractivity contribution in [3.8, 4) is 0 Å². The van der Waals surface area contributed by atoms with Crippen LogP contribution in [0.4, 0.5) is 0 Å². The van der Waals surface area contributed by atoms with E-state index in [-0.39, 0.29) is 19.1 Å². The minimum atomic E-state index is -1.18. The van der Waals surface area contributed by atoms with Crippen LogP contribution in [0.15, 0.2) is 0 Å². The van der Waals surface area contributed by atoms with Crippen LogP contribution >= 0.6 is 0 Å². The fourth-order valence-corrected chi connectivity index (χ4v) is 2.98. The Morgan fingerprint density at radius 1 is 1.10 bits per heavy atom. The van der Waals surface area contributed by atoms with Crippen molar-refractivity contribution in [1.29, 1.82) is 0 Å². The molecule has 1 fully saturated rings. The van der Waals surface area contributed by atoms with E-state index in [1.165, 1.54) is 4.90 Å². The van der Waals surface area contributed by atoms with E-state index in [4.69, 9.17) is 5.73 Å². The second-order valence-electron chi connectivity index (χ2n) is 5.78. The Balaban J connectivity index is 3.10. The van der Waals surface area contributed by atoms with E-state index >= 15 is 0 Å². The van der Waals surface area contributed by atoms with Crippen LogP contribution in [-0.2, 0) is 9.59 Å². The normalized spacial score (nSPS) is 21.0. The van der Waals surface area contributed by atoms with Gasteiger partial charge in [0.05, 0.1) is 25.3 Å². The molecule has 20 heavy (non-hydrogen) atoms. The summed E-state index contributed by atoms with van der Waals surface area (Å²) >= 11 is 0. The number of hydrogen-bond donors (Lipinski definition) is 3. The van der Waals surface area contributed by atoms with Gasteiger partial charge in [0.25, 0.3) is 0 Å². The highest BCUT2D eigenvalue weighted by Crippen LogP contribution is 2.38. The Bertz CT molecular complexity index is 343. The average Bonchev–Trinajstić information content (AvgIpc) is 2.47. The molecule has 6 nitrogen and oxygen atoms in total. The van der Waals surface area contributed by atoms with Crippen LogP contribution < -0.4 is 5.73 Å². The Hall–Kier alpha value is -1.14. The molecule has 2 amide bonds. The summed E-state index contributed by atoms with van der Waals surface area (Å²) in [4.78, 5) is 26.2. The second-order valence-corrected chi connectivity index (χ2v) is 5.78. The Morgan fingerprint density at radius 2 is 1.55 bits per heavy atom. The van der Waals surface area contributed by atoms with Gasteiger partial charge in [-0.1, -0.05) is 19.3 Å². The van der Waals surface area contributed by atoms with Gasteiger partial charge in [0.2, 0.25) is 11.8 Å². The van der Waals surface area contributed by atoms with Gasteiger partial charge in [-0.05, 0) is 26.7 Å². The first kappa shape index (κ1) is 16.9. The van der Waals surface area contributed by atoms with Crippen molar-refractivity contribution in [2.45, 2.75) is 58.0 Å². The zero-order valence-electron chi connectivity index (χ0n) is 12.3. The number of aliphatic hydroxyl groups is 2. The first-order valence-corrected chi connectivity index (χ1v) is 7.25. The van der Waals surface area contributed by atoms with Crippen molar-refractivity contribution < 1.29 is 19.8 Å². The van der Waals surface area contributed by atoms with Crippen molar-refractivity contribution in [2.75, 3.05) is 13.2 Å². The maximum Gasteiger partial charge on any atom is 0.238 e. The van der Waals surface area contributed by atoms with E-state index in [9.17, 15) is 19.8 Å². The largest absolute Gasteiger partial charge is 0.394 e. The molecule has 0 radical (unpaired) electrons. The Morgan fingerprint density at radius 3 is 1.90 bits per heavy atom. The Labute approximate surface area is 119 Å². The lowest BCUT2D eigenvalue weighted by molar-refractivity contribution is -0.157. The van der Waals surface area contributed by atoms with Gasteiger partial charge in [0, 0.05) is 0 Å². The first-order valence-electron chi connectivity index (χ1n) is 7.25. The van der Waals surface area contributed by atoms with Gasteiger partial charge in [0.1, 0.15) is 5.41 Å². The zero-order valence-corrected chi connectivity index (χ0v) is 12.3. The SMILES string of the molecule is C[C@H](CO)N(C(=O)C1(C(N)=O)CCCCC1)[C@H](C)CO. The van der Waals surface area contributed by atoms with Crippen LogP contribution in [0.5, 0.6) is 0 Å². The van der Waals surface area contributed by atoms with Gasteiger partial charge >= 0.3 is 0 Å². The van der Waals surface area contributed by atoms with E-state index in [1.54, 1.807) is 13.8 Å². The number of hydrogen-bond acceptors (Lipinski definition) is 4. The van der Waals surface area contributed by atoms with E-state index < -0.39 is 23.4 Å². The third kappa shape index (κ3) is 3.12. The molecule has 0 unspecified atom stereocenters. The molecule has 0 aromatic rings. The molecule has 116 valence electrons. The standard InChI is InChI=1S/C14H26N2O4/c1-10(8-17)16(11(2)9-18)13(20)14(12(15)19)6-4-3-5-7-14/h10-11,17-18H,3-9H2,1-2H3,(H2,15,19)/t10-,11-/m1/s1. The van der Waals surface area contributed by atoms with Crippen molar-refractivity contribution in [2.24, 2.45) is 11.1 Å². The van der Waals surface area contributed by atoms with E-state index in [0.29, 0.717) is 12.8 Å². The monoisotopic (exact) mass is 286 g/mol. The number of carbonyl (C=O) groups excluding carboxylic acids is 2. The molecule has 1 rings (SSSR count). The number of amides is 2. The molecule has 0 heterocycles. The molecule has 6 heteroatoms. The molecule has 0 spiro atoms. The molecule has 2 atom stereocenters. The quantitative estimate of drug-likeness (QED) is 0.598. The fraction of sp³-hybridized carbons (Fsp3) is 0.857. The number of aliphatic hydroxyl groups excluding tert-OH is 2. The molecule has 4 N–H and O–H groups in total. The van der Waals surface area contributed by atoms with Crippen molar-refractivity contribution in [3.63, 3.8) is 0 Å². The van der Waals surface area contributed by atoms with Crippen molar-refractivity contribution in [1.82, 2.24) is 4.90 Å². The summed E-state index contributed by atoms with van der Waals surface area (Å²) in [6.45, 7) is 2.96. The lowest BCUT2D eigenvalue weighted by Crippen LogP contribution is -2.58. The summed E-state index contributed by atoms with van der Waals surface area (Å²) in [5.74, 6) is -0.949. The van der Waals surface area contributed by atoms with Gasteiger partial charge in [-0.15, -0.1) is 0 Å². The van der Waals surface area contributed by atoms with Crippen LogP contribution in [0, 0.1) is 5.41 Å². The number of rotatable bonds is 6. The van der Waals surface area contributed by atoms with E-state index in [2.05, 4.69) is 0 Å². The van der Waals surface area contributed by atoms with E-state index in [1.807, 2.05) is 0 Å². The molecule has 0 aromatic heterocycles. The third-order valence-corrected chi connectivity index (χ3v) is 4.30. The van der Waals surface area contributed by atoms with Gasteiger partial charge in [-0.2, -0.15) is 0 Å². The van der Waals surface area contributed by atoms with Gasteiger partial charge in [0.15, 0.2) is 0 Å². The number of nitrogens with two attached hydrogens (primary N) is 1. The highest BCUT2D eigenvalue weighted by atomic mass is 16.3.